The molecule has 0 bridgehead atoms. The predicted molar refractivity (Wildman–Crippen MR) is 101 cm³/mol. The second kappa shape index (κ2) is 10.2. The van der Waals surface area contributed by atoms with Crippen molar-refractivity contribution in [2.45, 2.75) is 12.8 Å². The number of benzene rings is 2. The number of anilines is 1. The summed E-state index contributed by atoms with van der Waals surface area (Å²) in [4.78, 5) is 23.5. The summed E-state index contributed by atoms with van der Waals surface area (Å²) in [6.07, 6.45) is 1.21. The summed E-state index contributed by atoms with van der Waals surface area (Å²) in [5.41, 5.74) is 2.16. The topological polar surface area (TPSA) is 76.7 Å². The average Bonchev–Trinajstić information content (AvgIpc) is 2.67. The number of methoxy groups -OCH3 is 2. The van der Waals surface area contributed by atoms with Crippen molar-refractivity contribution in [2.24, 2.45) is 0 Å². The molecule has 0 fully saturated rings. The molecule has 138 valence electrons. The third kappa shape index (κ3) is 6.22. The van der Waals surface area contributed by atoms with Gasteiger partial charge in [-0.3, -0.25) is 4.79 Å². The molecular formula is C20H24N2O4. The van der Waals surface area contributed by atoms with E-state index < -0.39 is 5.97 Å². The quantitative estimate of drug-likeness (QED) is 0.534. The molecule has 2 aromatic rings. The van der Waals surface area contributed by atoms with E-state index in [0.717, 1.165) is 18.7 Å². The zero-order valence-corrected chi connectivity index (χ0v) is 15.1. The van der Waals surface area contributed by atoms with E-state index in [1.54, 1.807) is 31.4 Å². The van der Waals surface area contributed by atoms with Crippen LogP contribution >= 0.6 is 0 Å². The zero-order valence-electron chi connectivity index (χ0n) is 15.1. The van der Waals surface area contributed by atoms with E-state index in [1.165, 1.54) is 12.7 Å². The molecule has 0 spiro atoms. The van der Waals surface area contributed by atoms with Crippen molar-refractivity contribution in [3.8, 4) is 5.75 Å². The van der Waals surface area contributed by atoms with Crippen LogP contribution in [0.4, 0.5) is 5.69 Å². The van der Waals surface area contributed by atoms with Gasteiger partial charge in [0, 0.05) is 18.7 Å². The molecule has 0 saturated heterocycles. The van der Waals surface area contributed by atoms with Gasteiger partial charge >= 0.3 is 5.97 Å². The van der Waals surface area contributed by atoms with Crippen molar-refractivity contribution in [1.29, 1.82) is 0 Å². The summed E-state index contributed by atoms with van der Waals surface area (Å²) in [5, 5.41) is 6.03. The Hall–Kier alpha value is -2.86. The van der Waals surface area contributed by atoms with Gasteiger partial charge in [0.1, 0.15) is 5.75 Å². The van der Waals surface area contributed by atoms with E-state index in [-0.39, 0.29) is 5.91 Å². The molecule has 6 nitrogen and oxygen atoms in total. The SMILES string of the molecule is COC(=O)c1cccc(NC(=O)CCNCCc2cccc(OC)c2)c1. The van der Waals surface area contributed by atoms with E-state index in [9.17, 15) is 9.59 Å². The molecule has 0 aliphatic heterocycles. The minimum atomic E-state index is -0.430. The van der Waals surface area contributed by atoms with Crippen molar-refractivity contribution in [3.63, 3.8) is 0 Å². The maximum Gasteiger partial charge on any atom is 0.337 e. The van der Waals surface area contributed by atoms with Crippen molar-refractivity contribution in [1.82, 2.24) is 5.32 Å². The molecule has 2 N–H and O–H groups in total. The highest BCUT2D eigenvalue weighted by Crippen LogP contribution is 2.13. The van der Waals surface area contributed by atoms with Gasteiger partial charge in [-0.05, 0) is 48.9 Å². The first-order chi connectivity index (χ1) is 12.6. The van der Waals surface area contributed by atoms with Gasteiger partial charge < -0.3 is 20.1 Å². The van der Waals surface area contributed by atoms with Gasteiger partial charge in [0.25, 0.3) is 0 Å². The van der Waals surface area contributed by atoms with Crippen LogP contribution in [-0.4, -0.2) is 39.2 Å². The summed E-state index contributed by atoms with van der Waals surface area (Å²) in [5.74, 6) is 0.303. The number of rotatable bonds is 9. The van der Waals surface area contributed by atoms with E-state index in [0.29, 0.717) is 24.2 Å². The van der Waals surface area contributed by atoms with Crippen molar-refractivity contribution >= 4 is 17.6 Å². The molecule has 2 aromatic carbocycles. The van der Waals surface area contributed by atoms with Gasteiger partial charge in [0.05, 0.1) is 19.8 Å². The molecule has 0 aliphatic rings. The van der Waals surface area contributed by atoms with E-state index in [4.69, 9.17) is 4.74 Å². The lowest BCUT2D eigenvalue weighted by atomic mass is 10.1. The van der Waals surface area contributed by atoms with Gasteiger partial charge in [-0.25, -0.2) is 4.79 Å². The first-order valence-corrected chi connectivity index (χ1v) is 8.44. The average molecular weight is 356 g/mol. The Labute approximate surface area is 153 Å². The summed E-state index contributed by atoms with van der Waals surface area (Å²) >= 11 is 0. The number of nitrogens with one attached hydrogen (secondary N) is 2. The molecule has 0 heterocycles. The van der Waals surface area contributed by atoms with Gasteiger partial charge in [-0.1, -0.05) is 18.2 Å². The standard InChI is InChI=1S/C20H24N2O4/c1-25-18-8-3-5-15(13-18)9-11-21-12-10-19(23)22-17-7-4-6-16(14-17)20(24)26-2/h3-8,13-14,21H,9-12H2,1-2H3,(H,22,23). The highest BCUT2D eigenvalue weighted by atomic mass is 16.5. The number of carbonyl (C=O) groups is 2. The normalized spacial score (nSPS) is 10.2. The molecule has 6 heteroatoms. The maximum absolute atomic E-state index is 12.0. The van der Waals surface area contributed by atoms with Gasteiger partial charge in [-0.15, -0.1) is 0 Å². The smallest absolute Gasteiger partial charge is 0.337 e. The van der Waals surface area contributed by atoms with Crippen LogP contribution in [-0.2, 0) is 16.0 Å². The molecular weight excluding hydrogens is 332 g/mol. The van der Waals surface area contributed by atoms with Crippen LogP contribution in [0.5, 0.6) is 5.75 Å². The number of hydrogen-bond donors (Lipinski definition) is 2. The van der Waals surface area contributed by atoms with Crippen molar-refractivity contribution < 1.29 is 19.1 Å². The minimum absolute atomic E-state index is 0.110. The van der Waals surface area contributed by atoms with Crippen LogP contribution in [0.25, 0.3) is 0 Å². The largest absolute Gasteiger partial charge is 0.497 e. The van der Waals surface area contributed by atoms with E-state index in [1.807, 2.05) is 24.3 Å². The van der Waals surface area contributed by atoms with Crippen LogP contribution in [0.3, 0.4) is 0 Å². The summed E-state index contributed by atoms with van der Waals surface area (Å²) < 4.78 is 9.87. The van der Waals surface area contributed by atoms with Gasteiger partial charge in [0.15, 0.2) is 0 Å². The Morgan fingerprint density at radius 3 is 2.58 bits per heavy atom. The number of esters is 1. The molecule has 0 atom stereocenters. The monoisotopic (exact) mass is 356 g/mol. The summed E-state index contributed by atoms with van der Waals surface area (Å²) in [7, 11) is 2.97. The summed E-state index contributed by atoms with van der Waals surface area (Å²) in [6.45, 7) is 1.35. The molecule has 1 amide bonds. The zero-order chi connectivity index (χ0) is 18.8. The van der Waals surface area contributed by atoms with Crippen LogP contribution < -0.4 is 15.4 Å². The molecule has 0 unspecified atom stereocenters. The van der Waals surface area contributed by atoms with Crippen LogP contribution in [0.1, 0.15) is 22.3 Å². The van der Waals surface area contributed by atoms with Crippen LogP contribution in [0.2, 0.25) is 0 Å². The van der Waals surface area contributed by atoms with Gasteiger partial charge in [0.2, 0.25) is 5.91 Å². The lowest BCUT2D eigenvalue weighted by Crippen LogP contribution is -2.23. The lowest BCUT2D eigenvalue weighted by molar-refractivity contribution is -0.116. The minimum Gasteiger partial charge on any atom is -0.497 e. The lowest BCUT2D eigenvalue weighted by Gasteiger charge is -2.08. The first kappa shape index (κ1) is 19.5. The highest BCUT2D eigenvalue weighted by molar-refractivity contribution is 5.94. The second-order valence-electron chi connectivity index (χ2n) is 5.72. The number of amides is 1. The fourth-order valence-corrected chi connectivity index (χ4v) is 2.45. The predicted octanol–water partition coefficient (Wildman–Crippen LogP) is 2.64. The molecule has 0 aromatic heterocycles. The van der Waals surface area contributed by atoms with Crippen LogP contribution in [0, 0.1) is 0 Å². The Morgan fingerprint density at radius 2 is 1.81 bits per heavy atom. The fraction of sp³-hybridized carbons (Fsp3) is 0.300. The molecule has 26 heavy (non-hydrogen) atoms. The van der Waals surface area contributed by atoms with Gasteiger partial charge in [-0.2, -0.15) is 0 Å². The Morgan fingerprint density at radius 1 is 1.00 bits per heavy atom. The fourth-order valence-electron chi connectivity index (χ4n) is 2.45. The number of carbonyl (C=O) groups excluding carboxylic acids is 2. The Balaban J connectivity index is 1.69. The second-order valence-corrected chi connectivity index (χ2v) is 5.72. The highest BCUT2D eigenvalue weighted by Gasteiger charge is 2.07. The van der Waals surface area contributed by atoms with E-state index >= 15 is 0 Å². The summed E-state index contributed by atoms with van der Waals surface area (Å²) in [6, 6.07) is 14.6. The third-order valence-corrected chi connectivity index (χ3v) is 3.82. The number of ether oxygens (including phenoxy) is 2. The Kier molecular flexibility index (Phi) is 7.64. The van der Waals surface area contributed by atoms with Crippen LogP contribution in [0.15, 0.2) is 48.5 Å². The Bertz CT molecular complexity index is 746. The molecule has 2 rings (SSSR count). The first-order valence-electron chi connectivity index (χ1n) is 8.44. The number of hydrogen-bond acceptors (Lipinski definition) is 5. The van der Waals surface area contributed by atoms with Crippen molar-refractivity contribution in [3.05, 3.63) is 59.7 Å². The molecule has 0 saturated carbocycles. The third-order valence-electron chi connectivity index (χ3n) is 3.82. The maximum atomic E-state index is 12.0. The molecule has 0 radical (unpaired) electrons. The van der Waals surface area contributed by atoms with Crippen molar-refractivity contribution in [2.75, 3.05) is 32.6 Å². The molecule has 0 aliphatic carbocycles. The van der Waals surface area contributed by atoms with E-state index in [2.05, 4.69) is 15.4 Å².